The summed E-state index contributed by atoms with van der Waals surface area (Å²) < 4.78 is 0. The molecular weight excluding hydrogens is 190 g/mol. The fraction of sp³-hybridized carbons (Fsp3) is 0.273. The largest absolute Gasteiger partial charge is 0.370 e. The Hall–Kier alpha value is -1.84. The average Bonchev–Trinajstić information content (AvgIpc) is 2.50. The van der Waals surface area contributed by atoms with Gasteiger partial charge in [0.05, 0.1) is 0 Å². The third kappa shape index (κ3) is 1.70. The molecule has 4 heteroatoms. The van der Waals surface area contributed by atoms with E-state index in [4.69, 9.17) is 5.73 Å². The van der Waals surface area contributed by atoms with E-state index < -0.39 is 6.04 Å². The van der Waals surface area contributed by atoms with Crippen LogP contribution in [-0.4, -0.2) is 11.9 Å². The van der Waals surface area contributed by atoms with Gasteiger partial charge in [-0.1, -0.05) is 23.8 Å². The highest BCUT2D eigenvalue weighted by molar-refractivity contribution is 6.04. The highest BCUT2D eigenvalue weighted by Gasteiger charge is 2.27. The molecule has 1 aromatic rings. The van der Waals surface area contributed by atoms with E-state index in [1.807, 2.05) is 32.0 Å². The van der Waals surface area contributed by atoms with Crippen molar-refractivity contribution in [3.05, 3.63) is 34.9 Å². The molecule has 15 heavy (non-hydrogen) atoms. The summed E-state index contributed by atoms with van der Waals surface area (Å²) in [6.45, 7) is 3.95. The van der Waals surface area contributed by atoms with Gasteiger partial charge in [-0.15, -0.1) is 0 Å². The molecule has 1 unspecified atom stereocenters. The Balaban J connectivity index is 2.45. The Bertz CT molecular complexity index is 451. The number of aliphatic imine (C=N–C) groups is 1. The molecule has 0 bridgehead atoms. The molecule has 1 atom stereocenters. The van der Waals surface area contributed by atoms with Crippen LogP contribution in [0.25, 0.3) is 0 Å². The topological polar surface area (TPSA) is 67.5 Å². The van der Waals surface area contributed by atoms with Gasteiger partial charge >= 0.3 is 0 Å². The minimum atomic E-state index is -0.482. The average molecular weight is 203 g/mol. The van der Waals surface area contributed by atoms with Crippen LogP contribution in [0, 0.1) is 13.8 Å². The number of amides is 1. The van der Waals surface area contributed by atoms with Crippen molar-refractivity contribution >= 4 is 11.9 Å². The van der Waals surface area contributed by atoms with E-state index in [1.54, 1.807) is 0 Å². The van der Waals surface area contributed by atoms with Crippen LogP contribution in [-0.2, 0) is 4.79 Å². The third-order valence-electron chi connectivity index (χ3n) is 2.50. The van der Waals surface area contributed by atoms with Gasteiger partial charge in [-0.2, -0.15) is 0 Å². The van der Waals surface area contributed by atoms with E-state index in [0.29, 0.717) is 0 Å². The molecule has 0 spiro atoms. The lowest BCUT2D eigenvalue weighted by atomic mass is 9.99. The van der Waals surface area contributed by atoms with Crippen molar-refractivity contribution in [1.29, 1.82) is 0 Å². The molecule has 78 valence electrons. The van der Waals surface area contributed by atoms with Crippen molar-refractivity contribution in [2.24, 2.45) is 10.7 Å². The molecule has 3 N–H and O–H groups in total. The maximum Gasteiger partial charge on any atom is 0.256 e. The molecule has 0 saturated carbocycles. The van der Waals surface area contributed by atoms with Crippen LogP contribution in [0.1, 0.15) is 22.7 Å². The lowest BCUT2D eigenvalue weighted by Gasteiger charge is -2.09. The van der Waals surface area contributed by atoms with Crippen molar-refractivity contribution in [2.75, 3.05) is 0 Å². The standard InChI is InChI=1S/C11H13N3O/c1-6-3-4-7(2)8(5-6)9-10(15)14-11(12)13-9/h3-5,9H,1-2H3,(H3,12,13,14,15). The highest BCUT2D eigenvalue weighted by Crippen LogP contribution is 2.24. The summed E-state index contributed by atoms with van der Waals surface area (Å²) in [6.07, 6.45) is 0. The van der Waals surface area contributed by atoms with Crippen molar-refractivity contribution in [3.8, 4) is 0 Å². The van der Waals surface area contributed by atoms with Gasteiger partial charge in [-0.05, 0) is 25.0 Å². The normalized spacial score (nSPS) is 20.0. The number of carbonyl (C=O) groups excluding carboxylic acids is 1. The predicted molar refractivity (Wildman–Crippen MR) is 58.4 cm³/mol. The van der Waals surface area contributed by atoms with E-state index in [-0.39, 0.29) is 11.9 Å². The zero-order valence-electron chi connectivity index (χ0n) is 8.74. The van der Waals surface area contributed by atoms with Crippen molar-refractivity contribution in [3.63, 3.8) is 0 Å². The predicted octanol–water partition coefficient (Wildman–Crippen LogP) is 0.789. The van der Waals surface area contributed by atoms with Crippen LogP contribution < -0.4 is 11.1 Å². The molecule has 0 aliphatic carbocycles. The molecule has 1 aliphatic rings. The van der Waals surface area contributed by atoms with Gasteiger partial charge in [0, 0.05) is 0 Å². The summed E-state index contributed by atoms with van der Waals surface area (Å²) >= 11 is 0. The molecule has 0 saturated heterocycles. The lowest BCUT2D eigenvalue weighted by molar-refractivity contribution is -0.120. The molecule has 1 aromatic carbocycles. The Morgan fingerprint density at radius 3 is 2.73 bits per heavy atom. The second-order valence-electron chi connectivity index (χ2n) is 3.77. The van der Waals surface area contributed by atoms with E-state index in [1.165, 1.54) is 0 Å². The number of nitrogens with one attached hydrogen (secondary N) is 1. The van der Waals surface area contributed by atoms with Gasteiger partial charge in [-0.25, -0.2) is 4.99 Å². The van der Waals surface area contributed by atoms with Crippen LogP contribution in [0.5, 0.6) is 0 Å². The molecule has 1 heterocycles. The second kappa shape index (κ2) is 3.38. The fourth-order valence-electron chi connectivity index (χ4n) is 1.69. The van der Waals surface area contributed by atoms with Crippen molar-refractivity contribution in [1.82, 2.24) is 5.32 Å². The number of rotatable bonds is 1. The van der Waals surface area contributed by atoms with Crippen LogP contribution >= 0.6 is 0 Å². The summed E-state index contributed by atoms with van der Waals surface area (Å²) in [5, 5.41) is 2.50. The zero-order chi connectivity index (χ0) is 11.0. The summed E-state index contributed by atoms with van der Waals surface area (Å²) in [4.78, 5) is 15.6. The van der Waals surface area contributed by atoms with Crippen LogP contribution in [0.4, 0.5) is 0 Å². The molecule has 4 nitrogen and oxygen atoms in total. The summed E-state index contributed by atoms with van der Waals surface area (Å²) in [5.74, 6) is 0.0482. The first-order valence-corrected chi connectivity index (χ1v) is 4.79. The Kier molecular flexibility index (Phi) is 2.19. The van der Waals surface area contributed by atoms with Gasteiger partial charge in [0.2, 0.25) is 0 Å². The van der Waals surface area contributed by atoms with Crippen LogP contribution in [0.15, 0.2) is 23.2 Å². The maximum atomic E-state index is 11.5. The fourth-order valence-corrected chi connectivity index (χ4v) is 1.69. The Labute approximate surface area is 88.2 Å². The molecular formula is C11H13N3O. The van der Waals surface area contributed by atoms with Crippen LogP contribution in [0.3, 0.4) is 0 Å². The summed E-state index contributed by atoms with van der Waals surface area (Å²) in [7, 11) is 0. The molecule has 0 radical (unpaired) electrons. The van der Waals surface area contributed by atoms with E-state index >= 15 is 0 Å². The first kappa shape index (κ1) is 9.71. The number of guanidine groups is 1. The first-order valence-electron chi connectivity index (χ1n) is 4.79. The number of benzene rings is 1. The number of nitrogens with two attached hydrogens (primary N) is 1. The maximum absolute atomic E-state index is 11.5. The minimum absolute atomic E-state index is 0.152. The van der Waals surface area contributed by atoms with Crippen molar-refractivity contribution in [2.45, 2.75) is 19.9 Å². The Morgan fingerprint density at radius 1 is 1.40 bits per heavy atom. The number of aryl methyl sites for hydroxylation is 2. The number of carbonyl (C=O) groups is 1. The van der Waals surface area contributed by atoms with E-state index in [2.05, 4.69) is 10.3 Å². The van der Waals surface area contributed by atoms with Gasteiger partial charge < -0.3 is 5.73 Å². The molecule has 0 fully saturated rings. The smallest absolute Gasteiger partial charge is 0.256 e. The summed E-state index contributed by atoms with van der Waals surface area (Å²) in [5.41, 5.74) is 8.55. The van der Waals surface area contributed by atoms with Gasteiger partial charge in [-0.3, -0.25) is 10.1 Å². The van der Waals surface area contributed by atoms with Crippen LogP contribution in [0.2, 0.25) is 0 Å². The van der Waals surface area contributed by atoms with Gasteiger partial charge in [0.15, 0.2) is 12.0 Å². The molecule has 2 rings (SSSR count). The number of nitrogens with zero attached hydrogens (tertiary/aromatic N) is 1. The van der Waals surface area contributed by atoms with E-state index in [0.717, 1.165) is 16.7 Å². The molecule has 0 aromatic heterocycles. The minimum Gasteiger partial charge on any atom is -0.370 e. The molecule has 1 amide bonds. The SMILES string of the molecule is Cc1ccc(C)c(C2N=C(N)NC2=O)c1. The van der Waals surface area contributed by atoms with Gasteiger partial charge in [0.25, 0.3) is 5.91 Å². The highest BCUT2D eigenvalue weighted by atomic mass is 16.2. The van der Waals surface area contributed by atoms with Gasteiger partial charge in [0.1, 0.15) is 0 Å². The van der Waals surface area contributed by atoms with E-state index in [9.17, 15) is 4.79 Å². The third-order valence-corrected chi connectivity index (χ3v) is 2.50. The Morgan fingerprint density at radius 2 is 2.13 bits per heavy atom. The summed E-state index contributed by atoms with van der Waals surface area (Å²) in [6, 6.07) is 5.49. The lowest BCUT2D eigenvalue weighted by Crippen LogP contribution is -2.31. The van der Waals surface area contributed by atoms with Crippen molar-refractivity contribution < 1.29 is 4.79 Å². The number of hydrogen-bond donors (Lipinski definition) is 2. The quantitative estimate of drug-likeness (QED) is 0.708. The number of hydrogen-bond acceptors (Lipinski definition) is 3. The zero-order valence-corrected chi connectivity index (χ0v) is 8.74. The monoisotopic (exact) mass is 203 g/mol. The molecule has 1 aliphatic heterocycles. The second-order valence-corrected chi connectivity index (χ2v) is 3.77. The first-order chi connectivity index (χ1) is 7.08.